The van der Waals surface area contributed by atoms with Gasteiger partial charge in [0, 0.05) is 16.3 Å². The number of rotatable bonds is 2. The fourth-order valence-electron chi connectivity index (χ4n) is 7.65. The molecule has 1 nitrogen and oxygen atoms in total. The number of benzene rings is 3. The molecule has 0 saturated heterocycles. The van der Waals surface area contributed by atoms with Crippen LogP contribution in [0.25, 0.3) is 33.1 Å². The Morgan fingerprint density at radius 1 is 0.767 bits per heavy atom. The Labute approximate surface area is 178 Å². The molecule has 0 radical (unpaired) electrons. The molecule has 0 amide bonds. The highest BCUT2D eigenvalue weighted by Gasteiger charge is 2.51. The number of furan rings is 1. The van der Waals surface area contributed by atoms with E-state index in [0.29, 0.717) is 5.41 Å². The first kappa shape index (κ1) is 17.2. The van der Waals surface area contributed by atoms with Crippen molar-refractivity contribution in [3.05, 3.63) is 71.8 Å². The topological polar surface area (TPSA) is 13.1 Å². The molecular formula is C29H28O. The second-order valence-electron chi connectivity index (χ2n) is 10.6. The van der Waals surface area contributed by atoms with Crippen LogP contribution in [-0.2, 0) is 5.41 Å². The van der Waals surface area contributed by atoms with E-state index in [1.165, 1.54) is 66.0 Å². The van der Waals surface area contributed by atoms with Gasteiger partial charge in [0.25, 0.3) is 0 Å². The molecule has 0 N–H and O–H groups in total. The van der Waals surface area contributed by atoms with Gasteiger partial charge in [-0.3, -0.25) is 0 Å². The monoisotopic (exact) mass is 392 g/mol. The molecule has 1 aromatic heterocycles. The van der Waals surface area contributed by atoms with E-state index in [0.717, 1.165) is 28.9 Å². The Kier molecular flexibility index (Phi) is 3.44. The number of para-hydroxylation sites is 1. The van der Waals surface area contributed by atoms with Gasteiger partial charge < -0.3 is 4.42 Å². The predicted octanol–water partition coefficient (Wildman–Crippen LogP) is 8.03. The van der Waals surface area contributed by atoms with Crippen molar-refractivity contribution in [2.24, 2.45) is 17.8 Å². The maximum atomic E-state index is 6.32. The van der Waals surface area contributed by atoms with Crippen molar-refractivity contribution < 1.29 is 4.42 Å². The van der Waals surface area contributed by atoms with Gasteiger partial charge in [-0.25, -0.2) is 0 Å². The fraction of sp³-hybridized carbons (Fsp3) is 0.379. The van der Waals surface area contributed by atoms with E-state index in [1.54, 1.807) is 5.56 Å². The van der Waals surface area contributed by atoms with Crippen LogP contribution in [0.15, 0.2) is 65.1 Å². The molecule has 0 spiro atoms. The van der Waals surface area contributed by atoms with E-state index in [1.807, 2.05) is 0 Å². The summed E-state index contributed by atoms with van der Waals surface area (Å²) >= 11 is 0. The molecule has 4 bridgehead atoms. The lowest BCUT2D eigenvalue weighted by molar-refractivity contribution is -0.00518. The molecule has 4 aliphatic rings. The third-order valence-electron chi connectivity index (χ3n) is 8.47. The fourth-order valence-corrected chi connectivity index (χ4v) is 7.65. The first-order chi connectivity index (χ1) is 14.7. The Morgan fingerprint density at radius 2 is 1.43 bits per heavy atom. The van der Waals surface area contributed by atoms with Crippen LogP contribution in [0.2, 0.25) is 0 Å². The van der Waals surface area contributed by atoms with Crippen LogP contribution in [0, 0.1) is 24.7 Å². The number of hydrogen-bond acceptors (Lipinski definition) is 1. The molecule has 4 saturated carbocycles. The van der Waals surface area contributed by atoms with Crippen LogP contribution < -0.4 is 0 Å². The molecular weight excluding hydrogens is 364 g/mol. The summed E-state index contributed by atoms with van der Waals surface area (Å²) in [6.45, 7) is 2.19. The molecule has 3 aromatic carbocycles. The summed E-state index contributed by atoms with van der Waals surface area (Å²) in [5.41, 5.74) is 7.84. The van der Waals surface area contributed by atoms with Crippen molar-refractivity contribution in [2.75, 3.05) is 0 Å². The van der Waals surface area contributed by atoms with Gasteiger partial charge in [0.1, 0.15) is 11.2 Å². The first-order valence-electron chi connectivity index (χ1n) is 11.7. The van der Waals surface area contributed by atoms with Crippen molar-refractivity contribution in [1.29, 1.82) is 0 Å². The van der Waals surface area contributed by atoms with Crippen molar-refractivity contribution in [3.63, 3.8) is 0 Å². The smallest absolute Gasteiger partial charge is 0.143 e. The zero-order valence-corrected chi connectivity index (χ0v) is 17.7. The van der Waals surface area contributed by atoms with Gasteiger partial charge in [-0.05, 0) is 104 Å². The average Bonchev–Trinajstić information content (AvgIpc) is 3.11. The van der Waals surface area contributed by atoms with Crippen molar-refractivity contribution in [2.45, 2.75) is 50.9 Å². The minimum absolute atomic E-state index is 0.467. The van der Waals surface area contributed by atoms with E-state index in [9.17, 15) is 0 Å². The van der Waals surface area contributed by atoms with Crippen molar-refractivity contribution in [1.82, 2.24) is 0 Å². The molecule has 4 aliphatic carbocycles. The third-order valence-corrected chi connectivity index (χ3v) is 8.47. The normalized spacial score (nSPS) is 29.8. The van der Waals surface area contributed by atoms with Gasteiger partial charge in [-0.1, -0.05) is 42.5 Å². The second kappa shape index (κ2) is 6.00. The minimum atomic E-state index is 0.467. The standard InChI is InChI=1S/C29H28O/c1-18-10-25(28-26(11-18)24-4-2-3-5-27(24)30-28)22-6-8-23(9-7-22)29-15-19-12-20(16-29)14-21(13-19)17-29/h2-11,19-21H,12-17H2,1H3. The van der Waals surface area contributed by atoms with E-state index in [-0.39, 0.29) is 0 Å². The van der Waals surface area contributed by atoms with Crippen LogP contribution in [-0.4, -0.2) is 0 Å². The average molecular weight is 393 g/mol. The Hall–Kier alpha value is -2.54. The van der Waals surface area contributed by atoms with E-state index < -0.39 is 0 Å². The van der Waals surface area contributed by atoms with Gasteiger partial charge in [-0.2, -0.15) is 0 Å². The van der Waals surface area contributed by atoms with Gasteiger partial charge in [0.15, 0.2) is 0 Å². The third kappa shape index (κ3) is 2.41. The van der Waals surface area contributed by atoms with E-state index >= 15 is 0 Å². The molecule has 0 unspecified atom stereocenters. The summed E-state index contributed by atoms with van der Waals surface area (Å²) in [6, 6.07) is 22.5. The zero-order chi connectivity index (χ0) is 19.9. The summed E-state index contributed by atoms with van der Waals surface area (Å²) in [5, 5.41) is 2.44. The number of fused-ring (bicyclic) bond motifs is 3. The summed E-state index contributed by atoms with van der Waals surface area (Å²) in [5.74, 6) is 2.97. The maximum Gasteiger partial charge on any atom is 0.143 e. The van der Waals surface area contributed by atoms with Crippen LogP contribution >= 0.6 is 0 Å². The molecule has 150 valence electrons. The summed E-state index contributed by atoms with van der Waals surface area (Å²) in [7, 11) is 0. The summed E-state index contributed by atoms with van der Waals surface area (Å²) in [6.07, 6.45) is 8.80. The molecule has 0 atom stereocenters. The Morgan fingerprint density at radius 3 is 2.13 bits per heavy atom. The highest BCUT2D eigenvalue weighted by Crippen LogP contribution is 2.60. The predicted molar refractivity (Wildman–Crippen MR) is 124 cm³/mol. The summed E-state index contributed by atoms with van der Waals surface area (Å²) < 4.78 is 6.32. The molecule has 8 rings (SSSR count). The summed E-state index contributed by atoms with van der Waals surface area (Å²) in [4.78, 5) is 0. The van der Waals surface area contributed by atoms with E-state index in [2.05, 4.69) is 67.6 Å². The minimum Gasteiger partial charge on any atom is -0.455 e. The molecule has 0 aliphatic heterocycles. The first-order valence-corrected chi connectivity index (χ1v) is 11.7. The van der Waals surface area contributed by atoms with Crippen molar-refractivity contribution in [3.8, 4) is 11.1 Å². The molecule has 4 aromatic rings. The lowest BCUT2D eigenvalue weighted by atomic mass is 9.48. The van der Waals surface area contributed by atoms with Crippen LogP contribution in [0.4, 0.5) is 0 Å². The largest absolute Gasteiger partial charge is 0.455 e. The molecule has 30 heavy (non-hydrogen) atoms. The highest BCUT2D eigenvalue weighted by atomic mass is 16.3. The van der Waals surface area contributed by atoms with Crippen LogP contribution in [0.1, 0.15) is 49.7 Å². The quantitative estimate of drug-likeness (QED) is 0.336. The van der Waals surface area contributed by atoms with Gasteiger partial charge in [0.05, 0.1) is 0 Å². The molecule has 1 heterocycles. The maximum absolute atomic E-state index is 6.32. The molecule has 1 heteroatoms. The second-order valence-corrected chi connectivity index (χ2v) is 10.6. The number of hydrogen-bond donors (Lipinski definition) is 0. The van der Waals surface area contributed by atoms with Gasteiger partial charge in [-0.15, -0.1) is 0 Å². The SMILES string of the molecule is Cc1cc(-c2ccc(C34CC5CC(CC(C5)C3)C4)cc2)c2oc3ccccc3c2c1. The van der Waals surface area contributed by atoms with Crippen LogP contribution in [0.5, 0.6) is 0 Å². The highest BCUT2D eigenvalue weighted by molar-refractivity contribution is 6.09. The van der Waals surface area contributed by atoms with Gasteiger partial charge in [0.2, 0.25) is 0 Å². The lowest BCUT2D eigenvalue weighted by Crippen LogP contribution is -2.48. The van der Waals surface area contributed by atoms with Crippen LogP contribution in [0.3, 0.4) is 0 Å². The Bertz CT molecular complexity index is 1240. The molecule has 4 fully saturated rings. The van der Waals surface area contributed by atoms with Crippen molar-refractivity contribution >= 4 is 21.9 Å². The van der Waals surface area contributed by atoms with E-state index in [4.69, 9.17) is 4.42 Å². The Balaban J connectivity index is 1.33. The number of aryl methyl sites for hydroxylation is 1. The van der Waals surface area contributed by atoms with Gasteiger partial charge >= 0.3 is 0 Å². The lowest BCUT2D eigenvalue weighted by Gasteiger charge is -2.57. The zero-order valence-electron chi connectivity index (χ0n) is 17.7.